The molecule has 0 bridgehead atoms. The van der Waals surface area contributed by atoms with Crippen molar-refractivity contribution in [2.75, 3.05) is 16.8 Å². The lowest BCUT2D eigenvalue weighted by molar-refractivity contribution is -0.113. The highest BCUT2D eigenvalue weighted by Gasteiger charge is 2.07. The zero-order valence-electron chi connectivity index (χ0n) is 13.1. The predicted octanol–water partition coefficient (Wildman–Crippen LogP) is 2.60. The third-order valence-electron chi connectivity index (χ3n) is 3.46. The van der Waals surface area contributed by atoms with Crippen molar-refractivity contribution < 1.29 is 4.79 Å². The largest absolute Gasteiger partial charge is 0.383 e. The van der Waals surface area contributed by atoms with Crippen LogP contribution in [0, 0.1) is 0 Å². The van der Waals surface area contributed by atoms with Gasteiger partial charge in [-0.2, -0.15) is 0 Å². The molecule has 0 aliphatic carbocycles. The van der Waals surface area contributed by atoms with Gasteiger partial charge in [0.2, 0.25) is 5.91 Å². The molecule has 0 spiro atoms. The molecule has 1 aromatic heterocycles. The van der Waals surface area contributed by atoms with Gasteiger partial charge in [-0.3, -0.25) is 9.59 Å². The van der Waals surface area contributed by atoms with Gasteiger partial charge < -0.3 is 16.0 Å². The summed E-state index contributed by atoms with van der Waals surface area (Å²) >= 11 is 1.13. The Morgan fingerprint density at radius 1 is 1.39 bits per heavy atom. The molecule has 4 N–H and O–H groups in total. The van der Waals surface area contributed by atoms with E-state index in [9.17, 15) is 9.59 Å². The molecule has 2 aromatic rings. The molecule has 1 unspecified atom stereocenters. The first-order valence-corrected chi connectivity index (χ1v) is 8.36. The van der Waals surface area contributed by atoms with E-state index in [4.69, 9.17) is 5.73 Å². The van der Waals surface area contributed by atoms with Gasteiger partial charge in [-0.1, -0.05) is 37.7 Å². The van der Waals surface area contributed by atoms with Crippen LogP contribution in [0.3, 0.4) is 0 Å². The maximum atomic E-state index is 11.9. The summed E-state index contributed by atoms with van der Waals surface area (Å²) in [6.45, 7) is 4.32. The van der Waals surface area contributed by atoms with Gasteiger partial charge in [0.05, 0.1) is 5.75 Å². The lowest BCUT2D eigenvalue weighted by Crippen LogP contribution is -2.15. The summed E-state index contributed by atoms with van der Waals surface area (Å²) in [6, 6.07) is 9.03. The molecule has 0 aliphatic rings. The summed E-state index contributed by atoms with van der Waals surface area (Å²) in [4.78, 5) is 29.7. The van der Waals surface area contributed by atoms with Crippen LogP contribution in [0.2, 0.25) is 0 Å². The summed E-state index contributed by atoms with van der Waals surface area (Å²) in [5.41, 5.74) is 7.16. The lowest BCUT2D eigenvalue weighted by Gasteiger charge is -2.10. The smallest absolute Gasteiger partial charge is 0.253 e. The predicted molar refractivity (Wildman–Crippen MR) is 93.8 cm³/mol. The van der Waals surface area contributed by atoms with Gasteiger partial charge in [-0.15, -0.1) is 0 Å². The summed E-state index contributed by atoms with van der Waals surface area (Å²) in [7, 11) is 0. The van der Waals surface area contributed by atoms with Crippen molar-refractivity contribution in [2.45, 2.75) is 31.3 Å². The van der Waals surface area contributed by atoms with Gasteiger partial charge >= 0.3 is 0 Å². The number of carbonyl (C=O) groups is 1. The summed E-state index contributed by atoms with van der Waals surface area (Å²) < 4.78 is 0. The van der Waals surface area contributed by atoms with Crippen LogP contribution < -0.4 is 16.6 Å². The van der Waals surface area contributed by atoms with E-state index in [2.05, 4.69) is 29.1 Å². The van der Waals surface area contributed by atoms with Crippen LogP contribution in [-0.4, -0.2) is 21.6 Å². The molecule has 2 rings (SSSR count). The molecular weight excluding hydrogens is 312 g/mol. The first-order chi connectivity index (χ1) is 11.0. The maximum absolute atomic E-state index is 11.9. The second kappa shape index (κ2) is 7.82. The average molecular weight is 332 g/mol. The Kier molecular flexibility index (Phi) is 5.81. The highest BCUT2D eigenvalue weighted by molar-refractivity contribution is 7.99. The number of H-pyrrole nitrogens is 1. The number of aromatic amines is 1. The first kappa shape index (κ1) is 17.1. The number of benzene rings is 1. The van der Waals surface area contributed by atoms with Crippen molar-refractivity contribution in [3.63, 3.8) is 0 Å². The van der Waals surface area contributed by atoms with Crippen molar-refractivity contribution in [3.8, 4) is 0 Å². The number of nitrogens with zero attached hydrogens (tertiary/aromatic N) is 1. The Balaban J connectivity index is 1.90. The third-order valence-corrected chi connectivity index (χ3v) is 4.33. The minimum Gasteiger partial charge on any atom is -0.383 e. The zero-order chi connectivity index (χ0) is 16.8. The van der Waals surface area contributed by atoms with E-state index < -0.39 is 0 Å². The number of hydrogen-bond acceptors (Lipinski definition) is 5. The van der Waals surface area contributed by atoms with E-state index in [0.717, 1.165) is 23.9 Å². The minimum absolute atomic E-state index is 0.136. The van der Waals surface area contributed by atoms with Gasteiger partial charge in [0.15, 0.2) is 5.16 Å². The van der Waals surface area contributed by atoms with E-state index in [1.165, 1.54) is 11.6 Å². The minimum atomic E-state index is -0.332. The number of amides is 1. The topological polar surface area (TPSA) is 101 Å². The fourth-order valence-electron chi connectivity index (χ4n) is 1.98. The van der Waals surface area contributed by atoms with E-state index in [0.29, 0.717) is 11.1 Å². The van der Waals surface area contributed by atoms with Crippen LogP contribution in [0.15, 0.2) is 40.3 Å². The number of carbonyl (C=O) groups excluding carboxylic acids is 1. The second-order valence-electron chi connectivity index (χ2n) is 5.24. The molecule has 122 valence electrons. The second-order valence-corrected chi connectivity index (χ2v) is 6.21. The van der Waals surface area contributed by atoms with Gasteiger partial charge in [0, 0.05) is 11.8 Å². The Hall–Kier alpha value is -2.28. The summed E-state index contributed by atoms with van der Waals surface area (Å²) in [5, 5.41) is 3.15. The first-order valence-electron chi connectivity index (χ1n) is 7.37. The molecule has 0 fully saturated rings. The standard InChI is InChI=1S/C16H20N4O2S/c1-3-10(2)11-4-6-12(7-5-11)18-15(22)9-23-16-19-13(17)8-14(21)20-16/h4-8,10H,3,9H2,1-2H3,(H,18,22)(H3,17,19,20,21). The monoisotopic (exact) mass is 332 g/mol. The van der Waals surface area contributed by atoms with E-state index in [1.54, 1.807) is 0 Å². The molecule has 23 heavy (non-hydrogen) atoms. The van der Waals surface area contributed by atoms with Crippen LogP contribution >= 0.6 is 11.8 Å². The van der Waals surface area contributed by atoms with E-state index >= 15 is 0 Å². The van der Waals surface area contributed by atoms with Crippen LogP contribution in [0.25, 0.3) is 0 Å². The Bertz CT molecular complexity index is 728. The lowest BCUT2D eigenvalue weighted by atomic mass is 9.99. The molecule has 6 nitrogen and oxygen atoms in total. The van der Waals surface area contributed by atoms with Crippen LogP contribution in [0.4, 0.5) is 11.5 Å². The number of hydrogen-bond donors (Lipinski definition) is 3. The number of rotatable bonds is 6. The molecular formula is C16H20N4O2S. The van der Waals surface area contributed by atoms with E-state index in [1.807, 2.05) is 24.3 Å². The Labute approximate surface area is 138 Å². The Morgan fingerprint density at radius 2 is 2.09 bits per heavy atom. The maximum Gasteiger partial charge on any atom is 0.253 e. The number of anilines is 2. The number of nitrogen functional groups attached to an aromatic ring is 1. The van der Waals surface area contributed by atoms with Crippen molar-refractivity contribution in [2.24, 2.45) is 0 Å². The normalized spacial score (nSPS) is 11.9. The highest BCUT2D eigenvalue weighted by atomic mass is 32.2. The fraction of sp³-hybridized carbons (Fsp3) is 0.312. The van der Waals surface area contributed by atoms with Gasteiger partial charge in [0.25, 0.3) is 5.56 Å². The molecule has 0 saturated carbocycles. The van der Waals surface area contributed by atoms with Gasteiger partial charge in [-0.05, 0) is 30.0 Å². The van der Waals surface area contributed by atoms with Gasteiger partial charge in [0.1, 0.15) is 5.82 Å². The molecule has 1 aromatic carbocycles. The molecule has 7 heteroatoms. The molecule has 1 heterocycles. The zero-order valence-corrected chi connectivity index (χ0v) is 13.9. The number of nitrogens with one attached hydrogen (secondary N) is 2. The van der Waals surface area contributed by atoms with E-state index in [-0.39, 0.29) is 23.0 Å². The summed E-state index contributed by atoms with van der Waals surface area (Å²) in [5.74, 6) is 0.606. The number of nitrogens with two attached hydrogens (primary N) is 1. The average Bonchev–Trinajstić information content (AvgIpc) is 2.52. The molecule has 0 saturated heterocycles. The van der Waals surface area contributed by atoms with Crippen molar-refractivity contribution in [3.05, 3.63) is 46.2 Å². The van der Waals surface area contributed by atoms with Crippen molar-refractivity contribution >= 4 is 29.2 Å². The molecule has 0 aliphatic heterocycles. The molecule has 0 radical (unpaired) electrons. The van der Waals surface area contributed by atoms with Gasteiger partial charge in [-0.25, -0.2) is 4.98 Å². The van der Waals surface area contributed by atoms with Crippen molar-refractivity contribution in [1.82, 2.24) is 9.97 Å². The van der Waals surface area contributed by atoms with Crippen molar-refractivity contribution in [1.29, 1.82) is 0 Å². The molecule has 1 atom stereocenters. The van der Waals surface area contributed by atoms with Crippen LogP contribution in [0.1, 0.15) is 31.7 Å². The van der Waals surface area contributed by atoms with Crippen LogP contribution in [-0.2, 0) is 4.79 Å². The molecule has 1 amide bonds. The fourth-order valence-corrected chi connectivity index (χ4v) is 2.67. The SMILES string of the molecule is CCC(C)c1ccc(NC(=O)CSc2nc(N)cc(=O)[nH]2)cc1. The quantitative estimate of drug-likeness (QED) is 0.557. The Morgan fingerprint density at radius 3 is 2.70 bits per heavy atom. The van der Waals surface area contributed by atoms with Crippen LogP contribution in [0.5, 0.6) is 0 Å². The third kappa shape index (κ3) is 5.14. The highest BCUT2D eigenvalue weighted by Crippen LogP contribution is 2.20. The number of aromatic nitrogens is 2. The number of thioether (sulfide) groups is 1. The summed E-state index contributed by atoms with van der Waals surface area (Å²) in [6.07, 6.45) is 1.08.